The minimum absolute atomic E-state index is 0.0333. The molecule has 0 spiro atoms. The van der Waals surface area contributed by atoms with Crippen molar-refractivity contribution in [2.75, 3.05) is 0 Å². The molecule has 2 rings (SSSR count). The van der Waals surface area contributed by atoms with Crippen molar-refractivity contribution >= 4 is 5.91 Å². The van der Waals surface area contributed by atoms with Crippen molar-refractivity contribution in [2.45, 2.75) is 46.8 Å². The lowest BCUT2D eigenvalue weighted by Gasteiger charge is -2.17. The molecule has 0 fully saturated rings. The fourth-order valence-electron chi connectivity index (χ4n) is 2.54. The van der Waals surface area contributed by atoms with Crippen molar-refractivity contribution in [1.82, 2.24) is 5.32 Å². The molecule has 122 valence electrons. The molecule has 0 bridgehead atoms. The van der Waals surface area contributed by atoms with Crippen LogP contribution in [0.1, 0.15) is 53.9 Å². The van der Waals surface area contributed by atoms with Crippen LogP contribution in [-0.2, 0) is 0 Å². The molecule has 3 heteroatoms. The summed E-state index contributed by atoms with van der Waals surface area (Å²) in [6.07, 6.45) is 0.124. The Morgan fingerprint density at radius 2 is 1.65 bits per heavy atom. The van der Waals surface area contributed by atoms with E-state index in [-0.39, 0.29) is 18.1 Å². The van der Waals surface area contributed by atoms with E-state index >= 15 is 0 Å². The average molecular weight is 311 g/mol. The standard InChI is InChI=1S/C20H25NO2/c1-13(2)23-18-10-8-17(9-11-18)20(22)21-16(5)19-12-14(3)6-7-15(19)4/h6-13,16H,1-5H3,(H,21,22)/t16-/m0/s1. The second kappa shape index (κ2) is 7.32. The molecule has 0 aliphatic heterocycles. The molecule has 0 saturated heterocycles. The highest BCUT2D eigenvalue weighted by Gasteiger charge is 2.13. The van der Waals surface area contributed by atoms with E-state index in [0.717, 1.165) is 11.3 Å². The van der Waals surface area contributed by atoms with Gasteiger partial charge in [-0.1, -0.05) is 23.8 Å². The van der Waals surface area contributed by atoms with Gasteiger partial charge in [-0.25, -0.2) is 0 Å². The summed E-state index contributed by atoms with van der Waals surface area (Å²) in [6, 6.07) is 13.5. The van der Waals surface area contributed by atoms with Crippen LogP contribution < -0.4 is 10.1 Å². The molecular weight excluding hydrogens is 286 g/mol. The average Bonchev–Trinajstić information content (AvgIpc) is 2.49. The van der Waals surface area contributed by atoms with Crippen molar-refractivity contribution in [3.8, 4) is 5.75 Å². The van der Waals surface area contributed by atoms with Gasteiger partial charge in [0.15, 0.2) is 0 Å². The summed E-state index contributed by atoms with van der Waals surface area (Å²) >= 11 is 0. The van der Waals surface area contributed by atoms with Crippen molar-refractivity contribution in [1.29, 1.82) is 0 Å². The zero-order valence-electron chi connectivity index (χ0n) is 14.5. The molecule has 0 saturated carbocycles. The van der Waals surface area contributed by atoms with Gasteiger partial charge in [0.25, 0.3) is 5.91 Å². The second-order valence-electron chi connectivity index (χ2n) is 6.25. The molecular formula is C20H25NO2. The number of hydrogen-bond acceptors (Lipinski definition) is 2. The first-order chi connectivity index (χ1) is 10.9. The molecule has 0 heterocycles. The smallest absolute Gasteiger partial charge is 0.251 e. The van der Waals surface area contributed by atoms with Crippen LogP contribution in [0.15, 0.2) is 42.5 Å². The molecule has 1 amide bonds. The van der Waals surface area contributed by atoms with Crippen LogP contribution in [0.4, 0.5) is 0 Å². The summed E-state index contributed by atoms with van der Waals surface area (Å²) in [6.45, 7) is 10.1. The number of ether oxygens (including phenoxy) is 1. The summed E-state index contributed by atoms with van der Waals surface area (Å²) in [5.74, 6) is 0.702. The topological polar surface area (TPSA) is 38.3 Å². The lowest BCUT2D eigenvalue weighted by molar-refractivity contribution is 0.0940. The third-order valence-corrected chi connectivity index (χ3v) is 3.74. The third kappa shape index (κ3) is 4.59. The monoisotopic (exact) mass is 311 g/mol. The molecule has 1 N–H and O–H groups in total. The largest absolute Gasteiger partial charge is 0.491 e. The minimum atomic E-state index is -0.0745. The van der Waals surface area contributed by atoms with Crippen molar-refractivity contribution in [2.24, 2.45) is 0 Å². The SMILES string of the molecule is Cc1ccc(C)c([C@H](C)NC(=O)c2ccc(OC(C)C)cc2)c1. The van der Waals surface area contributed by atoms with Gasteiger partial charge in [-0.3, -0.25) is 4.79 Å². The zero-order valence-corrected chi connectivity index (χ0v) is 14.5. The predicted molar refractivity (Wildman–Crippen MR) is 94.0 cm³/mol. The normalized spacial score (nSPS) is 12.1. The summed E-state index contributed by atoms with van der Waals surface area (Å²) in [5, 5.41) is 3.06. The van der Waals surface area contributed by atoms with Crippen molar-refractivity contribution < 1.29 is 9.53 Å². The van der Waals surface area contributed by atoms with E-state index in [1.807, 2.05) is 32.9 Å². The van der Waals surface area contributed by atoms with Gasteiger partial charge in [-0.15, -0.1) is 0 Å². The first kappa shape index (κ1) is 17.1. The van der Waals surface area contributed by atoms with Gasteiger partial charge in [-0.05, 0) is 70.0 Å². The number of nitrogens with one attached hydrogen (secondary N) is 1. The van der Waals surface area contributed by atoms with Crippen molar-refractivity contribution in [3.63, 3.8) is 0 Å². The molecule has 23 heavy (non-hydrogen) atoms. The Bertz CT molecular complexity index is 675. The summed E-state index contributed by atoms with van der Waals surface area (Å²) in [4.78, 5) is 12.4. The molecule has 0 aliphatic carbocycles. The molecule has 2 aromatic rings. The number of carbonyl (C=O) groups is 1. The van der Waals surface area contributed by atoms with Crippen LogP contribution in [-0.4, -0.2) is 12.0 Å². The van der Waals surface area contributed by atoms with Gasteiger partial charge < -0.3 is 10.1 Å². The molecule has 2 aromatic carbocycles. The van der Waals surface area contributed by atoms with Gasteiger partial charge in [-0.2, -0.15) is 0 Å². The van der Waals surface area contributed by atoms with Gasteiger partial charge in [0.2, 0.25) is 0 Å². The number of amides is 1. The Labute approximate surface area is 138 Å². The Kier molecular flexibility index (Phi) is 5.43. The number of benzene rings is 2. The van der Waals surface area contributed by atoms with E-state index < -0.39 is 0 Å². The summed E-state index contributed by atoms with van der Waals surface area (Å²) in [5.41, 5.74) is 4.17. The fourth-order valence-corrected chi connectivity index (χ4v) is 2.54. The maximum atomic E-state index is 12.4. The Morgan fingerprint density at radius 3 is 2.26 bits per heavy atom. The Morgan fingerprint density at radius 1 is 1.00 bits per heavy atom. The predicted octanol–water partition coefficient (Wildman–Crippen LogP) is 4.58. The molecule has 0 aromatic heterocycles. The van der Waals surface area contributed by atoms with Gasteiger partial charge >= 0.3 is 0 Å². The Hall–Kier alpha value is -2.29. The molecule has 0 radical (unpaired) electrons. The fraction of sp³-hybridized carbons (Fsp3) is 0.350. The van der Waals surface area contributed by atoms with Crippen LogP contribution >= 0.6 is 0 Å². The summed E-state index contributed by atoms with van der Waals surface area (Å²) in [7, 11) is 0. The number of rotatable bonds is 5. The minimum Gasteiger partial charge on any atom is -0.491 e. The quantitative estimate of drug-likeness (QED) is 0.877. The van der Waals surface area contributed by atoms with E-state index in [1.165, 1.54) is 11.1 Å². The highest BCUT2D eigenvalue weighted by atomic mass is 16.5. The maximum Gasteiger partial charge on any atom is 0.251 e. The van der Waals surface area contributed by atoms with E-state index in [2.05, 4.69) is 37.4 Å². The van der Waals surface area contributed by atoms with Crippen LogP contribution in [0.25, 0.3) is 0 Å². The number of hydrogen-bond donors (Lipinski definition) is 1. The van der Waals surface area contributed by atoms with Crippen molar-refractivity contribution in [3.05, 3.63) is 64.7 Å². The van der Waals surface area contributed by atoms with E-state index in [1.54, 1.807) is 12.1 Å². The molecule has 0 unspecified atom stereocenters. The first-order valence-electron chi connectivity index (χ1n) is 8.01. The van der Waals surface area contributed by atoms with Crippen LogP contribution in [0.2, 0.25) is 0 Å². The lowest BCUT2D eigenvalue weighted by Crippen LogP contribution is -2.27. The molecule has 3 nitrogen and oxygen atoms in total. The highest BCUT2D eigenvalue weighted by Crippen LogP contribution is 2.20. The zero-order chi connectivity index (χ0) is 17.0. The highest BCUT2D eigenvalue weighted by molar-refractivity contribution is 5.94. The van der Waals surface area contributed by atoms with E-state index in [0.29, 0.717) is 5.56 Å². The van der Waals surface area contributed by atoms with Gasteiger partial charge in [0.05, 0.1) is 12.1 Å². The van der Waals surface area contributed by atoms with Gasteiger partial charge in [0, 0.05) is 5.56 Å². The summed E-state index contributed by atoms with van der Waals surface area (Å²) < 4.78 is 5.60. The number of carbonyl (C=O) groups excluding carboxylic acids is 1. The molecule has 0 aliphatic rings. The Balaban J connectivity index is 2.07. The van der Waals surface area contributed by atoms with Crippen LogP contribution in [0.3, 0.4) is 0 Å². The lowest BCUT2D eigenvalue weighted by atomic mass is 10.00. The van der Waals surface area contributed by atoms with Gasteiger partial charge in [0.1, 0.15) is 5.75 Å². The van der Waals surface area contributed by atoms with Crippen LogP contribution in [0.5, 0.6) is 5.75 Å². The maximum absolute atomic E-state index is 12.4. The second-order valence-corrected chi connectivity index (χ2v) is 6.25. The third-order valence-electron chi connectivity index (χ3n) is 3.74. The van der Waals surface area contributed by atoms with E-state index in [9.17, 15) is 4.79 Å². The van der Waals surface area contributed by atoms with E-state index in [4.69, 9.17) is 4.74 Å². The number of aryl methyl sites for hydroxylation is 2. The first-order valence-corrected chi connectivity index (χ1v) is 8.01. The van der Waals surface area contributed by atoms with Crippen LogP contribution in [0, 0.1) is 13.8 Å². The molecule has 1 atom stereocenters.